The number of aliphatic carboxylic acids is 1. The molecule has 0 saturated carbocycles. The van der Waals surface area contributed by atoms with E-state index < -0.39 is 73.1 Å². The Morgan fingerprint density at radius 3 is 1.82 bits per heavy atom. The molecule has 1 fully saturated rings. The minimum Gasteiger partial charge on any atom is -0.478 e. The molecule has 13 heteroatoms. The van der Waals surface area contributed by atoms with E-state index in [4.69, 9.17) is 33.5 Å². The van der Waals surface area contributed by atoms with Crippen LogP contribution in [0.2, 0.25) is 0 Å². The number of carbonyl (C=O) groups is 6. The summed E-state index contributed by atoms with van der Waals surface area (Å²) in [5.41, 5.74) is 0. The molecule has 0 aliphatic carbocycles. The minimum atomic E-state index is -2.36. The lowest BCUT2D eigenvalue weighted by Crippen LogP contribution is -2.67. The van der Waals surface area contributed by atoms with Crippen molar-refractivity contribution in [2.24, 2.45) is 0 Å². The average Bonchev–Trinajstić information content (AvgIpc) is 2.86. The topological polar surface area (TPSA) is 178 Å². The lowest BCUT2D eigenvalue weighted by molar-refractivity contribution is -0.338. The van der Waals surface area contributed by atoms with E-state index in [1.165, 1.54) is 0 Å². The van der Waals surface area contributed by atoms with Crippen LogP contribution in [0.15, 0.2) is 12.2 Å². The van der Waals surface area contributed by atoms with Crippen molar-refractivity contribution in [3.05, 3.63) is 12.2 Å². The van der Waals surface area contributed by atoms with E-state index in [0.29, 0.717) is 37.8 Å². The highest BCUT2D eigenvalue weighted by Gasteiger charge is 2.60. The maximum absolute atomic E-state index is 12.7. The standard InChI is InChI=1S/C26H38O13/c1-5-9-19(29)34-16-26(39-23(33)14-13-18(27)28)25(38-22(32)12-8-4)24(37-21(31)11-7-3)17(15-35-26)36-20(30)10-6-2/h13-14,17,24-25H,5-12,15-16H2,1-4H3,(H,27,28)/b14-13+/t17-,24+,25+,26-/m0/s1. The van der Waals surface area contributed by atoms with Crippen molar-refractivity contribution in [2.75, 3.05) is 13.2 Å². The Hall–Kier alpha value is -3.48. The van der Waals surface area contributed by atoms with Gasteiger partial charge in [-0.1, -0.05) is 27.7 Å². The van der Waals surface area contributed by atoms with Crippen LogP contribution in [-0.2, 0) is 57.2 Å². The molecule has 0 radical (unpaired) electrons. The van der Waals surface area contributed by atoms with Crippen molar-refractivity contribution in [1.82, 2.24) is 0 Å². The lowest BCUT2D eigenvalue weighted by Gasteiger charge is -2.46. The van der Waals surface area contributed by atoms with E-state index in [-0.39, 0.29) is 25.7 Å². The number of carbonyl (C=O) groups excluding carboxylic acids is 5. The van der Waals surface area contributed by atoms with E-state index in [1.807, 2.05) is 0 Å². The molecule has 13 nitrogen and oxygen atoms in total. The molecule has 1 saturated heterocycles. The van der Waals surface area contributed by atoms with Crippen molar-refractivity contribution in [3.8, 4) is 0 Å². The Balaban J connectivity index is 3.61. The SMILES string of the molecule is CCCC(=O)OC[C@@]1(OC(=O)/C=C/C(=O)O)OC[C@H](OC(=O)CCC)[C@@H](OC(=O)CCC)[C@H]1OC(=O)CCC. The number of carboxylic acid groups (broad SMARTS) is 1. The number of esters is 5. The highest BCUT2D eigenvalue weighted by Crippen LogP contribution is 2.35. The Kier molecular flexibility index (Phi) is 14.8. The van der Waals surface area contributed by atoms with Gasteiger partial charge in [0.2, 0.25) is 6.10 Å². The summed E-state index contributed by atoms with van der Waals surface area (Å²) in [6.07, 6.45) is -1.80. The molecule has 39 heavy (non-hydrogen) atoms. The number of hydrogen-bond donors (Lipinski definition) is 1. The number of rotatable bonds is 16. The molecule has 4 atom stereocenters. The van der Waals surface area contributed by atoms with Crippen LogP contribution >= 0.6 is 0 Å². The Bertz CT molecular complexity index is 896. The van der Waals surface area contributed by atoms with Gasteiger partial charge in [0, 0.05) is 37.8 Å². The van der Waals surface area contributed by atoms with Crippen molar-refractivity contribution < 1.29 is 62.3 Å². The van der Waals surface area contributed by atoms with Gasteiger partial charge in [-0.15, -0.1) is 0 Å². The van der Waals surface area contributed by atoms with Crippen LogP contribution in [-0.4, -0.2) is 78.2 Å². The van der Waals surface area contributed by atoms with Gasteiger partial charge >= 0.3 is 35.8 Å². The van der Waals surface area contributed by atoms with Crippen molar-refractivity contribution >= 4 is 35.8 Å². The van der Waals surface area contributed by atoms with E-state index in [1.54, 1.807) is 27.7 Å². The number of carboxylic acids is 1. The molecule has 0 unspecified atom stereocenters. The summed E-state index contributed by atoms with van der Waals surface area (Å²) in [4.78, 5) is 73.3. The van der Waals surface area contributed by atoms with Crippen LogP contribution in [0.4, 0.5) is 0 Å². The third-order valence-corrected chi connectivity index (χ3v) is 5.29. The molecule has 0 amide bonds. The van der Waals surface area contributed by atoms with E-state index >= 15 is 0 Å². The zero-order chi connectivity index (χ0) is 29.4. The van der Waals surface area contributed by atoms with Crippen molar-refractivity contribution in [3.63, 3.8) is 0 Å². The first-order valence-electron chi connectivity index (χ1n) is 13.0. The van der Waals surface area contributed by atoms with Crippen molar-refractivity contribution in [1.29, 1.82) is 0 Å². The molecule has 0 aromatic rings. The fourth-order valence-electron chi connectivity index (χ4n) is 3.53. The lowest BCUT2D eigenvalue weighted by atomic mass is 9.95. The first-order chi connectivity index (χ1) is 18.5. The quantitative estimate of drug-likeness (QED) is 0.166. The van der Waals surface area contributed by atoms with Crippen LogP contribution < -0.4 is 0 Å². The number of hydrogen-bond acceptors (Lipinski definition) is 12. The first-order valence-corrected chi connectivity index (χ1v) is 13.0. The molecule has 0 aromatic carbocycles. The summed E-state index contributed by atoms with van der Waals surface area (Å²) in [5.74, 6) is -7.87. The first kappa shape index (κ1) is 33.5. The molecule has 1 heterocycles. The second-order valence-corrected chi connectivity index (χ2v) is 8.77. The molecule has 0 bridgehead atoms. The fourth-order valence-corrected chi connectivity index (χ4v) is 3.53. The minimum absolute atomic E-state index is 0.00933. The highest BCUT2D eigenvalue weighted by atomic mass is 16.8. The van der Waals surface area contributed by atoms with Gasteiger partial charge in [0.15, 0.2) is 18.8 Å². The molecule has 1 aliphatic rings. The number of ether oxygens (including phenoxy) is 6. The third-order valence-electron chi connectivity index (χ3n) is 5.29. The Labute approximate surface area is 227 Å². The summed E-state index contributed by atoms with van der Waals surface area (Å²) in [7, 11) is 0. The Morgan fingerprint density at radius 1 is 0.769 bits per heavy atom. The predicted molar refractivity (Wildman–Crippen MR) is 132 cm³/mol. The molecule has 0 aromatic heterocycles. The summed E-state index contributed by atoms with van der Waals surface area (Å²) in [6.45, 7) is 5.65. The summed E-state index contributed by atoms with van der Waals surface area (Å²) < 4.78 is 33.1. The second kappa shape index (κ2) is 17.2. The second-order valence-electron chi connectivity index (χ2n) is 8.77. The van der Waals surface area contributed by atoms with Gasteiger partial charge in [-0.2, -0.15) is 0 Å². The maximum Gasteiger partial charge on any atom is 0.333 e. The zero-order valence-electron chi connectivity index (χ0n) is 22.8. The van der Waals surface area contributed by atoms with Crippen molar-refractivity contribution in [2.45, 2.75) is 103 Å². The van der Waals surface area contributed by atoms with Gasteiger partial charge in [-0.3, -0.25) is 19.2 Å². The molecule has 1 N–H and O–H groups in total. The zero-order valence-corrected chi connectivity index (χ0v) is 22.8. The van der Waals surface area contributed by atoms with Gasteiger partial charge in [0.25, 0.3) is 5.79 Å². The van der Waals surface area contributed by atoms with Gasteiger partial charge < -0.3 is 33.5 Å². The summed E-state index contributed by atoms with van der Waals surface area (Å²) in [5, 5.41) is 8.88. The van der Waals surface area contributed by atoms with E-state index in [0.717, 1.165) is 0 Å². The molecule has 220 valence electrons. The van der Waals surface area contributed by atoms with Crippen LogP contribution in [0.1, 0.15) is 79.1 Å². The maximum atomic E-state index is 12.7. The predicted octanol–water partition coefficient (Wildman–Crippen LogP) is 2.38. The summed E-state index contributed by atoms with van der Waals surface area (Å²) in [6, 6.07) is 0. The Morgan fingerprint density at radius 2 is 1.28 bits per heavy atom. The molecular weight excluding hydrogens is 520 g/mol. The smallest absolute Gasteiger partial charge is 0.333 e. The highest BCUT2D eigenvalue weighted by molar-refractivity contribution is 5.91. The normalized spacial score (nSPS) is 22.5. The summed E-state index contributed by atoms with van der Waals surface area (Å²) >= 11 is 0. The largest absolute Gasteiger partial charge is 0.478 e. The van der Waals surface area contributed by atoms with Gasteiger partial charge in [0.05, 0.1) is 6.61 Å². The fraction of sp³-hybridized carbons (Fsp3) is 0.692. The van der Waals surface area contributed by atoms with Crippen LogP contribution in [0, 0.1) is 0 Å². The van der Waals surface area contributed by atoms with Crippen LogP contribution in [0.3, 0.4) is 0 Å². The third kappa shape index (κ3) is 11.4. The monoisotopic (exact) mass is 558 g/mol. The molecule has 1 rings (SSSR count). The van der Waals surface area contributed by atoms with Gasteiger partial charge in [-0.25, -0.2) is 9.59 Å². The molecule has 0 spiro atoms. The van der Waals surface area contributed by atoms with Crippen LogP contribution in [0.25, 0.3) is 0 Å². The van der Waals surface area contributed by atoms with Gasteiger partial charge in [-0.05, 0) is 25.7 Å². The average molecular weight is 559 g/mol. The molecular formula is C26H38O13. The van der Waals surface area contributed by atoms with Crippen LogP contribution in [0.5, 0.6) is 0 Å². The molecule has 1 aliphatic heterocycles. The van der Waals surface area contributed by atoms with Gasteiger partial charge in [0.1, 0.15) is 0 Å². The van der Waals surface area contributed by atoms with E-state index in [2.05, 4.69) is 0 Å². The van der Waals surface area contributed by atoms with E-state index in [9.17, 15) is 28.8 Å².